The van der Waals surface area contributed by atoms with Gasteiger partial charge in [0.1, 0.15) is 0 Å². The van der Waals surface area contributed by atoms with Crippen molar-refractivity contribution in [3.05, 3.63) is 59.7 Å². The van der Waals surface area contributed by atoms with Crippen LogP contribution in [0.25, 0.3) is 12.2 Å². The van der Waals surface area contributed by atoms with Crippen LogP contribution in [0.3, 0.4) is 0 Å². The van der Waals surface area contributed by atoms with Gasteiger partial charge in [-0.05, 0) is 54.5 Å². The Morgan fingerprint density at radius 2 is 1.21 bits per heavy atom. The summed E-state index contributed by atoms with van der Waals surface area (Å²) in [7, 11) is 6.23. The maximum Gasteiger partial charge on any atom is 0.244 e. The fourth-order valence-electron chi connectivity index (χ4n) is 2.91. The molecule has 1 unspecified atom stereocenters. The first kappa shape index (κ1) is 25.3. The fraction of sp³-hybridized carbons (Fsp3) is 0.280. The maximum absolute atomic E-state index is 12.2. The molecule has 2 N–H and O–H groups in total. The van der Waals surface area contributed by atoms with E-state index in [-0.39, 0.29) is 24.4 Å². The largest absolute Gasteiger partial charge is 0.493 e. The van der Waals surface area contributed by atoms with Crippen molar-refractivity contribution in [2.75, 3.05) is 35.0 Å². The Kier molecular flexibility index (Phi) is 9.82. The van der Waals surface area contributed by atoms with Gasteiger partial charge in [-0.2, -0.15) is 0 Å². The molecule has 0 aliphatic rings. The van der Waals surface area contributed by atoms with Gasteiger partial charge in [0, 0.05) is 24.7 Å². The lowest BCUT2D eigenvalue weighted by molar-refractivity contribution is -0.118. The Morgan fingerprint density at radius 3 is 1.67 bits per heavy atom. The average Bonchev–Trinajstić information content (AvgIpc) is 2.84. The Labute approximate surface area is 194 Å². The van der Waals surface area contributed by atoms with E-state index in [1.165, 1.54) is 12.2 Å². The minimum Gasteiger partial charge on any atom is -0.493 e. The van der Waals surface area contributed by atoms with E-state index < -0.39 is 0 Å². The lowest BCUT2D eigenvalue weighted by Crippen LogP contribution is -2.40. The van der Waals surface area contributed by atoms with Gasteiger partial charge < -0.3 is 29.6 Å². The molecule has 8 nitrogen and oxygen atoms in total. The lowest BCUT2D eigenvalue weighted by atomic mass is 10.2. The zero-order valence-electron chi connectivity index (χ0n) is 19.5. The van der Waals surface area contributed by atoms with E-state index in [0.717, 1.165) is 11.1 Å². The Morgan fingerprint density at radius 1 is 0.758 bits per heavy atom. The highest BCUT2D eigenvalue weighted by atomic mass is 16.5. The topological polar surface area (TPSA) is 95.1 Å². The second-order valence-corrected chi connectivity index (χ2v) is 7.05. The van der Waals surface area contributed by atoms with Crippen LogP contribution in [0.5, 0.6) is 23.0 Å². The van der Waals surface area contributed by atoms with Crippen molar-refractivity contribution in [1.29, 1.82) is 0 Å². The van der Waals surface area contributed by atoms with Crippen LogP contribution in [0.4, 0.5) is 0 Å². The Hall–Kier alpha value is -3.94. The first-order valence-corrected chi connectivity index (χ1v) is 10.3. The molecule has 0 bridgehead atoms. The van der Waals surface area contributed by atoms with Crippen molar-refractivity contribution in [3.63, 3.8) is 0 Å². The van der Waals surface area contributed by atoms with E-state index in [4.69, 9.17) is 18.9 Å². The highest BCUT2D eigenvalue weighted by Crippen LogP contribution is 2.28. The van der Waals surface area contributed by atoms with Crippen LogP contribution >= 0.6 is 0 Å². The number of carbonyl (C=O) groups excluding carboxylic acids is 2. The second kappa shape index (κ2) is 12.8. The standard InChI is InChI=1S/C25H30N2O6/c1-17(27-25(29)13-9-19-7-11-21(31-3)23(15-19)33-5)16-26-24(28)12-8-18-6-10-20(30-2)22(14-18)32-4/h6-15,17H,16H2,1-5H3,(H,26,28)(H,27,29). The average molecular weight is 455 g/mol. The van der Waals surface area contributed by atoms with E-state index in [0.29, 0.717) is 23.0 Å². The number of benzene rings is 2. The number of hydrogen-bond acceptors (Lipinski definition) is 6. The molecular weight excluding hydrogens is 424 g/mol. The van der Waals surface area contributed by atoms with Crippen LogP contribution in [-0.4, -0.2) is 52.8 Å². The number of hydrogen-bond donors (Lipinski definition) is 2. The molecule has 2 aromatic rings. The Balaban J connectivity index is 1.82. The smallest absolute Gasteiger partial charge is 0.244 e. The van der Waals surface area contributed by atoms with E-state index in [1.54, 1.807) is 71.8 Å². The molecule has 0 aromatic heterocycles. The SMILES string of the molecule is COc1ccc(C=CC(=O)NCC(C)NC(=O)C=Cc2ccc(OC)c(OC)c2)cc1OC. The minimum absolute atomic E-state index is 0.258. The highest BCUT2D eigenvalue weighted by molar-refractivity contribution is 5.93. The number of nitrogens with one attached hydrogen (secondary N) is 2. The molecule has 0 saturated carbocycles. The summed E-state index contributed by atoms with van der Waals surface area (Å²) in [5.41, 5.74) is 1.59. The molecule has 0 fully saturated rings. The molecule has 0 heterocycles. The van der Waals surface area contributed by atoms with Crippen LogP contribution in [-0.2, 0) is 9.59 Å². The van der Waals surface area contributed by atoms with E-state index in [9.17, 15) is 9.59 Å². The first-order valence-electron chi connectivity index (χ1n) is 10.3. The molecule has 2 aromatic carbocycles. The van der Waals surface area contributed by atoms with Crippen molar-refractivity contribution in [3.8, 4) is 23.0 Å². The molecule has 8 heteroatoms. The molecule has 2 rings (SSSR count). The number of methoxy groups -OCH3 is 4. The van der Waals surface area contributed by atoms with Crippen LogP contribution in [0.2, 0.25) is 0 Å². The molecule has 0 radical (unpaired) electrons. The van der Waals surface area contributed by atoms with Crippen molar-refractivity contribution >= 4 is 24.0 Å². The third-order valence-corrected chi connectivity index (χ3v) is 4.64. The maximum atomic E-state index is 12.2. The molecular formula is C25H30N2O6. The van der Waals surface area contributed by atoms with Crippen molar-refractivity contribution in [2.24, 2.45) is 0 Å². The quantitative estimate of drug-likeness (QED) is 0.507. The summed E-state index contributed by atoms with van der Waals surface area (Å²) in [6, 6.07) is 10.5. The van der Waals surface area contributed by atoms with Gasteiger partial charge in [-0.25, -0.2) is 0 Å². The monoisotopic (exact) mass is 454 g/mol. The molecule has 0 aliphatic carbocycles. The molecule has 2 amide bonds. The third-order valence-electron chi connectivity index (χ3n) is 4.64. The van der Waals surface area contributed by atoms with Gasteiger partial charge in [0.15, 0.2) is 23.0 Å². The van der Waals surface area contributed by atoms with Gasteiger partial charge in [0.2, 0.25) is 11.8 Å². The van der Waals surface area contributed by atoms with Crippen molar-refractivity contribution in [2.45, 2.75) is 13.0 Å². The molecule has 176 valence electrons. The number of ether oxygens (including phenoxy) is 4. The normalized spacial score (nSPS) is 11.8. The first-order chi connectivity index (χ1) is 15.9. The van der Waals surface area contributed by atoms with E-state index in [2.05, 4.69) is 10.6 Å². The summed E-state index contributed by atoms with van der Waals surface area (Å²) >= 11 is 0. The lowest BCUT2D eigenvalue weighted by Gasteiger charge is -2.13. The van der Waals surface area contributed by atoms with Crippen LogP contribution in [0, 0.1) is 0 Å². The fourth-order valence-corrected chi connectivity index (χ4v) is 2.91. The molecule has 0 saturated heterocycles. The number of amides is 2. The molecule has 33 heavy (non-hydrogen) atoms. The van der Waals surface area contributed by atoms with Gasteiger partial charge in [-0.3, -0.25) is 9.59 Å². The number of carbonyl (C=O) groups is 2. The summed E-state index contributed by atoms with van der Waals surface area (Å²) in [5.74, 6) is 1.85. The highest BCUT2D eigenvalue weighted by Gasteiger charge is 2.07. The van der Waals surface area contributed by atoms with Gasteiger partial charge in [-0.1, -0.05) is 12.1 Å². The molecule has 0 aliphatic heterocycles. The third kappa shape index (κ3) is 7.92. The minimum atomic E-state index is -0.272. The molecule has 0 spiro atoms. The molecule has 1 atom stereocenters. The summed E-state index contributed by atoms with van der Waals surface area (Å²) in [6.07, 6.45) is 6.20. The van der Waals surface area contributed by atoms with E-state index in [1.807, 2.05) is 12.1 Å². The van der Waals surface area contributed by atoms with Gasteiger partial charge >= 0.3 is 0 Å². The van der Waals surface area contributed by atoms with Gasteiger partial charge in [0.25, 0.3) is 0 Å². The van der Waals surface area contributed by atoms with E-state index >= 15 is 0 Å². The summed E-state index contributed by atoms with van der Waals surface area (Å²) in [6.45, 7) is 2.09. The zero-order chi connectivity index (χ0) is 24.2. The summed E-state index contributed by atoms with van der Waals surface area (Å²) < 4.78 is 20.9. The van der Waals surface area contributed by atoms with Gasteiger partial charge in [-0.15, -0.1) is 0 Å². The predicted molar refractivity (Wildman–Crippen MR) is 128 cm³/mol. The summed E-state index contributed by atoms with van der Waals surface area (Å²) in [5, 5.41) is 5.57. The van der Waals surface area contributed by atoms with Crippen molar-refractivity contribution in [1.82, 2.24) is 10.6 Å². The zero-order valence-corrected chi connectivity index (χ0v) is 19.5. The Bertz CT molecular complexity index is 1020. The van der Waals surface area contributed by atoms with Gasteiger partial charge in [0.05, 0.1) is 28.4 Å². The summed E-state index contributed by atoms with van der Waals surface area (Å²) in [4.78, 5) is 24.3. The predicted octanol–water partition coefficient (Wildman–Crippen LogP) is 3.07. The van der Waals surface area contributed by atoms with Crippen LogP contribution in [0.1, 0.15) is 18.1 Å². The second-order valence-electron chi connectivity index (χ2n) is 7.05. The van der Waals surface area contributed by atoms with Crippen LogP contribution < -0.4 is 29.6 Å². The van der Waals surface area contributed by atoms with Crippen molar-refractivity contribution < 1.29 is 28.5 Å². The van der Waals surface area contributed by atoms with Crippen LogP contribution in [0.15, 0.2) is 48.6 Å². The number of rotatable bonds is 11.